The van der Waals surface area contributed by atoms with E-state index in [0.29, 0.717) is 0 Å². The Balaban J connectivity index is 1.60. The maximum atomic E-state index is 11.2. The summed E-state index contributed by atoms with van der Waals surface area (Å²) in [7, 11) is 0. The molecule has 0 aromatic carbocycles. The lowest BCUT2D eigenvalue weighted by Crippen LogP contribution is -2.17. The van der Waals surface area contributed by atoms with Gasteiger partial charge in [0.1, 0.15) is 0 Å². The van der Waals surface area contributed by atoms with Crippen molar-refractivity contribution in [1.82, 2.24) is 0 Å². The third-order valence-corrected chi connectivity index (χ3v) is 2.82. The molecule has 0 bridgehead atoms. The highest BCUT2D eigenvalue weighted by atomic mass is 16.6. The Hall–Kier alpha value is -1.72. The van der Waals surface area contributed by atoms with E-state index in [2.05, 4.69) is 4.74 Å². The fraction of sp³-hybridized carbons (Fsp3) is 0.667. The first-order chi connectivity index (χ1) is 8.56. The highest BCUT2D eigenvalue weighted by molar-refractivity contribution is 5.92. The molecular formula is C12H15NO5. The van der Waals surface area contributed by atoms with Gasteiger partial charge < -0.3 is 9.47 Å². The Kier molecular flexibility index (Phi) is 3.74. The minimum Gasteiger partial charge on any atom is -0.412 e. The molecule has 0 spiro atoms. The predicted octanol–water partition coefficient (Wildman–Crippen LogP) is 1.18. The van der Waals surface area contributed by atoms with Crippen LogP contribution in [0.15, 0.2) is 0 Å². The molecule has 18 heavy (non-hydrogen) atoms. The minimum absolute atomic E-state index is 0.0186. The highest BCUT2D eigenvalue weighted by Gasteiger charge is 2.33. The van der Waals surface area contributed by atoms with Crippen LogP contribution in [0.3, 0.4) is 0 Å². The van der Waals surface area contributed by atoms with E-state index in [4.69, 9.17) is 10.1 Å². The lowest BCUT2D eigenvalue weighted by atomic mass is 10.3. The van der Waals surface area contributed by atoms with Crippen molar-refractivity contribution in [3.05, 3.63) is 0 Å². The van der Waals surface area contributed by atoms with Crippen molar-refractivity contribution in [3.63, 3.8) is 0 Å². The minimum atomic E-state index is -0.667. The van der Waals surface area contributed by atoms with E-state index in [-0.39, 0.29) is 30.6 Å². The van der Waals surface area contributed by atoms with Gasteiger partial charge in [-0.25, -0.2) is 0 Å². The first kappa shape index (κ1) is 12.7. The molecule has 98 valence electrons. The topological polar surface area (TPSA) is 93.5 Å². The molecule has 6 heteroatoms. The summed E-state index contributed by atoms with van der Waals surface area (Å²) in [6, 6.07) is 0. The molecule has 2 aliphatic carbocycles. The van der Waals surface area contributed by atoms with Crippen LogP contribution in [-0.4, -0.2) is 23.8 Å². The van der Waals surface area contributed by atoms with Gasteiger partial charge in [0.2, 0.25) is 0 Å². The summed E-state index contributed by atoms with van der Waals surface area (Å²) >= 11 is 0. The van der Waals surface area contributed by atoms with E-state index >= 15 is 0 Å². The zero-order valence-corrected chi connectivity index (χ0v) is 9.94. The number of ether oxygens (including phenoxy) is 2. The maximum absolute atomic E-state index is 11.2. The largest absolute Gasteiger partial charge is 0.412 e. The number of nitrogens with one attached hydrogen (secondary N) is 1. The summed E-state index contributed by atoms with van der Waals surface area (Å²) in [5.41, 5.74) is 0. The van der Waals surface area contributed by atoms with Gasteiger partial charge in [0.25, 0.3) is 0 Å². The maximum Gasteiger partial charge on any atom is 0.316 e. The van der Waals surface area contributed by atoms with Gasteiger partial charge in [-0.05, 0) is 25.7 Å². The van der Waals surface area contributed by atoms with Crippen LogP contribution < -0.4 is 0 Å². The molecule has 0 heterocycles. The van der Waals surface area contributed by atoms with E-state index in [1.165, 1.54) is 0 Å². The van der Waals surface area contributed by atoms with Gasteiger partial charge in [-0.3, -0.25) is 19.8 Å². The number of rotatable bonds is 5. The zero-order chi connectivity index (χ0) is 13.1. The molecule has 0 aliphatic heterocycles. The van der Waals surface area contributed by atoms with Gasteiger partial charge in [0, 0.05) is 6.42 Å². The smallest absolute Gasteiger partial charge is 0.316 e. The van der Waals surface area contributed by atoms with E-state index < -0.39 is 17.9 Å². The number of hydrogen-bond donors (Lipinski definition) is 1. The molecule has 0 aromatic heterocycles. The molecule has 2 aliphatic rings. The SMILES string of the molecule is N=C(CCC(=O)OC(=O)C1CC1)OC(=O)C1CC1. The molecule has 2 rings (SSSR count). The first-order valence-corrected chi connectivity index (χ1v) is 6.10. The lowest BCUT2D eigenvalue weighted by molar-refractivity contribution is -0.160. The normalized spacial score (nSPS) is 18.0. The molecule has 0 aromatic rings. The second-order valence-corrected chi connectivity index (χ2v) is 4.69. The summed E-state index contributed by atoms with van der Waals surface area (Å²) in [4.78, 5) is 33.6. The van der Waals surface area contributed by atoms with Crippen molar-refractivity contribution in [2.75, 3.05) is 0 Å². The van der Waals surface area contributed by atoms with Gasteiger partial charge in [-0.1, -0.05) is 0 Å². The second kappa shape index (κ2) is 5.29. The van der Waals surface area contributed by atoms with Crippen molar-refractivity contribution in [2.45, 2.75) is 38.5 Å². The molecule has 2 saturated carbocycles. The molecule has 0 atom stereocenters. The summed E-state index contributed by atoms with van der Waals surface area (Å²) in [6.45, 7) is 0. The van der Waals surface area contributed by atoms with E-state index in [1.807, 2.05) is 0 Å². The van der Waals surface area contributed by atoms with Gasteiger partial charge in [0.15, 0.2) is 5.90 Å². The van der Waals surface area contributed by atoms with Gasteiger partial charge in [-0.2, -0.15) is 0 Å². The Morgan fingerprint density at radius 2 is 1.39 bits per heavy atom. The molecule has 0 amide bonds. The average Bonchev–Trinajstić information content (AvgIpc) is 3.19. The van der Waals surface area contributed by atoms with Crippen molar-refractivity contribution < 1.29 is 23.9 Å². The number of carbonyl (C=O) groups is 3. The highest BCUT2D eigenvalue weighted by Crippen LogP contribution is 2.31. The van der Waals surface area contributed by atoms with Crippen molar-refractivity contribution >= 4 is 23.8 Å². The van der Waals surface area contributed by atoms with Crippen molar-refractivity contribution in [2.24, 2.45) is 11.8 Å². The Morgan fingerprint density at radius 1 is 0.889 bits per heavy atom. The molecule has 0 radical (unpaired) electrons. The number of hydrogen-bond acceptors (Lipinski definition) is 6. The molecule has 1 N–H and O–H groups in total. The molecular weight excluding hydrogens is 238 g/mol. The van der Waals surface area contributed by atoms with Gasteiger partial charge >= 0.3 is 17.9 Å². The number of esters is 3. The van der Waals surface area contributed by atoms with Crippen molar-refractivity contribution in [1.29, 1.82) is 5.41 Å². The van der Waals surface area contributed by atoms with Crippen LogP contribution in [0.1, 0.15) is 38.5 Å². The Bertz CT molecular complexity index is 357. The van der Waals surface area contributed by atoms with Crippen LogP contribution in [0.2, 0.25) is 0 Å². The Morgan fingerprint density at radius 3 is 1.89 bits per heavy atom. The standard InChI is InChI=1S/C12H15NO5/c13-9(17-11(15)7-1-2-7)5-6-10(14)18-12(16)8-3-4-8/h7-8,13H,1-6H2. The van der Waals surface area contributed by atoms with Crippen LogP contribution >= 0.6 is 0 Å². The zero-order valence-electron chi connectivity index (χ0n) is 9.94. The fourth-order valence-electron chi connectivity index (χ4n) is 1.36. The molecule has 6 nitrogen and oxygen atoms in total. The summed E-state index contributed by atoms with van der Waals surface area (Å²) < 4.78 is 9.32. The predicted molar refractivity (Wildman–Crippen MR) is 59.6 cm³/mol. The fourth-order valence-corrected chi connectivity index (χ4v) is 1.36. The third kappa shape index (κ3) is 3.94. The van der Waals surface area contributed by atoms with Crippen LogP contribution in [0.5, 0.6) is 0 Å². The number of carbonyl (C=O) groups excluding carboxylic acids is 3. The first-order valence-electron chi connectivity index (χ1n) is 6.10. The van der Waals surface area contributed by atoms with E-state index in [1.54, 1.807) is 0 Å². The summed E-state index contributed by atoms with van der Waals surface area (Å²) in [5, 5.41) is 7.38. The third-order valence-electron chi connectivity index (χ3n) is 2.82. The van der Waals surface area contributed by atoms with Crippen LogP contribution in [0, 0.1) is 17.2 Å². The molecule has 0 saturated heterocycles. The van der Waals surface area contributed by atoms with Crippen LogP contribution in [0.25, 0.3) is 0 Å². The second-order valence-electron chi connectivity index (χ2n) is 4.69. The quantitative estimate of drug-likeness (QED) is 0.343. The lowest BCUT2D eigenvalue weighted by Gasteiger charge is -2.04. The average molecular weight is 253 g/mol. The summed E-state index contributed by atoms with van der Waals surface area (Å²) in [5.74, 6) is -2.00. The van der Waals surface area contributed by atoms with E-state index in [9.17, 15) is 14.4 Å². The van der Waals surface area contributed by atoms with E-state index in [0.717, 1.165) is 25.7 Å². The van der Waals surface area contributed by atoms with Gasteiger partial charge in [0.05, 0.1) is 18.3 Å². The molecule has 2 fully saturated rings. The molecule has 0 unspecified atom stereocenters. The Labute approximate surface area is 104 Å². The van der Waals surface area contributed by atoms with Gasteiger partial charge in [-0.15, -0.1) is 0 Å². The summed E-state index contributed by atoms with van der Waals surface area (Å²) in [6.07, 6.45) is 3.04. The van der Waals surface area contributed by atoms with Crippen molar-refractivity contribution in [3.8, 4) is 0 Å². The van der Waals surface area contributed by atoms with Crippen LogP contribution in [-0.2, 0) is 23.9 Å². The monoisotopic (exact) mass is 253 g/mol. The van der Waals surface area contributed by atoms with Crippen LogP contribution in [0.4, 0.5) is 0 Å².